The van der Waals surface area contributed by atoms with Gasteiger partial charge in [0.25, 0.3) is 0 Å². The molecule has 3 N–H and O–H groups in total. The summed E-state index contributed by atoms with van der Waals surface area (Å²) in [4.78, 5) is 42.5. The Labute approximate surface area is 158 Å². The van der Waals surface area contributed by atoms with E-state index < -0.39 is 22.2 Å². The summed E-state index contributed by atoms with van der Waals surface area (Å²) in [6.45, 7) is 5.43. The number of primary amides is 1. The highest BCUT2D eigenvalue weighted by atomic mass is 32.2. The lowest BCUT2D eigenvalue weighted by molar-refractivity contribution is -0.160. The monoisotopic (exact) mass is 380 g/mol. The van der Waals surface area contributed by atoms with Crippen LogP contribution in [0.3, 0.4) is 0 Å². The van der Waals surface area contributed by atoms with Crippen molar-refractivity contribution in [2.45, 2.75) is 80.1 Å². The minimum absolute atomic E-state index is 0.0252. The lowest BCUT2D eigenvalue weighted by Gasteiger charge is -2.47. The van der Waals surface area contributed by atoms with Gasteiger partial charge in [0, 0.05) is 11.3 Å². The van der Waals surface area contributed by atoms with Crippen LogP contribution >= 0.6 is 11.8 Å². The molecule has 4 rings (SSSR count). The molecule has 8 heteroatoms. The largest absolute Gasteiger partial charge is 0.368 e. The molecular formula is C18H28N4O3S. The zero-order valence-corrected chi connectivity index (χ0v) is 16.3. The summed E-state index contributed by atoms with van der Waals surface area (Å²) in [6.07, 6.45) is 4.82. The van der Waals surface area contributed by atoms with Gasteiger partial charge < -0.3 is 20.9 Å². The fourth-order valence-electron chi connectivity index (χ4n) is 5.37. The van der Waals surface area contributed by atoms with Gasteiger partial charge in [-0.25, -0.2) is 0 Å². The topological polar surface area (TPSA) is 95.7 Å². The predicted molar refractivity (Wildman–Crippen MR) is 99.2 cm³/mol. The number of nitrogens with zero attached hydrogens (tertiary/aromatic N) is 2. The van der Waals surface area contributed by atoms with Gasteiger partial charge in [-0.3, -0.25) is 14.4 Å². The number of nitrogens with two attached hydrogens (primary N) is 1. The number of likely N-dealkylation sites (tertiary alicyclic amines) is 1. The summed E-state index contributed by atoms with van der Waals surface area (Å²) in [5.41, 5.74) is 4.90. The average molecular weight is 381 g/mol. The number of thioether (sulfide) groups is 1. The van der Waals surface area contributed by atoms with Gasteiger partial charge in [-0.05, 0) is 58.9 Å². The van der Waals surface area contributed by atoms with Gasteiger partial charge in [-0.15, -0.1) is 11.8 Å². The van der Waals surface area contributed by atoms with Crippen molar-refractivity contribution in [1.82, 2.24) is 15.1 Å². The molecule has 3 amide bonds. The summed E-state index contributed by atoms with van der Waals surface area (Å²) >= 11 is 1.66. The Bertz CT molecular complexity index is 648. The molecule has 0 saturated carbocycles. The van der Waals surface area contributed by atoms with Crippen LogP contribution in [0.1, 0.15) is 52.4 Å². The number of nitrogens with one attached hydrogen (secondary N) is 1. The van der Waals surface area contributed by atoms with E-state index in [0.717, 1.165) is 32.2 Å². The highest BCUT2D eigenvalue weighted by molar-refractivity contribution is 8.01. The van der Waals surface area contributed by atoms with Crippen LogP contribution in [0, 0.1) is 0 Å². The number of amides is 3. The molecular weight excluding hydrogens is 352 g/mol. The molecule has 4 aliphatic heterocycles. The van der Waals surface area contributed by atoms with Gasteiger partial charge in [0.2, 0.25) is 17.7 Å². The maximum Gasteiger partial charge on any atom is 0.250 e. The van der Waals surface area contributed by atoms with Crippen molar-refractivity contribution in [3.05, 3.63) is 0 Å². The van der Waals surface area contributed by atoms with Crippen molar-refractivity contribution in [2.75, 3.05) is 13.1 Å². The number of rotatable bonds is 2. The van der Waals surface area contributed by atoms with Gasteiger partial charge in [-0.1, -0.05) is 0 Å². The Morgan fingerprint density at radius 1 is 1.23 bits per heavy atom. The van der Waals surface area contributed by atoms with E-state index in [1.807, 2.05) is 18.7 Å². The van der Waals surface area contributed by atoms with Gasteiger partial charge >= 0.3 is 0 Å². The van der Waals surface area contributed by atoms with Crippen molar-refractivity contribution in [1.29, 1.82) is 0 Å². The smallest absolute Gasteiger partial charge is 0.250 e. The zero-order valence-electron chi connectivity index (χ0n) is 15.5. The molecule has 4 fully saturated rings. The van der Waals surface area contributed by atoms with E-state index in [2.05, 4.69) is 5.32 Å². The number of piperidine rings is 1. The molecule has 4 aliphatic rings. The number of fused-ring (bicyclic) bond motifs is 1. The Morgan fingerprint density at radius 2 is 2.00 bits per heavy atom. The number of hydrogen-bond acceptors (Lipinski definition) is 5. The summed E-state index contributed by atoms with van der Waals surface area (Å²) in [6, 6.07) is -0.795. The van der Waals surface area contributed by atoms with E-state index in [0.29, 0.717) is 19.4 Å². The third-order valence-corrected chi connectivity index (χ3v) is 8.07. The molecule has 1 spiro atoms. The first-order chi connectivity index (χ1) is 12.3. The lowest BCUT2D eigenvalue weighted by atomic mass is 9.83. The minimum Gasteiger partial charge on any atom is -0.368 e. The molecule has 26 heavy (non-hydrogen) atoms. The number of carbonyl (C=O) groups excluding carboxylic acids is 3. The molecule has 0 bridgehead atoms. The standard InChI is InChI=1S/C18H28N4O3S/c1-17(2)13(14(19)23)22-12(26-17)6-8-18(16(22)25)7-4-10-21(18)15(24)11-5-3-9-20-11/h11-13,20H,3-10H2,1-2H3,(H2,19,23)/t11-,12+,13-,18+/m0/s1. The second kappa shape index (κ2) is 6.12. The van der Waals surface area contributed by atoms with Gasteiger partial charge in [0.15, 0.2) is 0 Å². The van der Waals surface area contributed by atoms with Crippen LogP contribution < -0.4 is 11.1 Å². The van der Waals surface area contributed by atoms with Crippen LogP contribution in [-0.4, -0.2) is 68.4 Å². The first kappa shape index (κ1) is 18.1. The van der Waals surface area contributed by atoms with Crippen LogP contribution in [0.5, 0.6) is 0 Å². The van der Waals surface area contributed by atoms with E-state index in [-0.39, 0.29) is 23.2 Å². The minimum atomic E-state index is -0.785. The zero-order chi connectivity index (χ0) is 18.7. The Hall–Kier alpha value is -1.28. The van der Waals surface area contributed by atoms with Crippen LogP contribution in [0.2, 0.25) is 0 Å². The summed E-state index contributed by atoms with van der Waals surface area (Å²) in [5.74, 6) is -0.475. The molecule has 0 aromatic heterocycles. The van der Waals surface area contributed by atoms with Crippen molar-refractivity contribution in [3.63, 3.8) is 0 Å². The fraction of sp³-hybridized carbons (Fsp3) is 0.833. The molecule has 144 valence electrons. The number of hydrogen-bond donors (Lipinski definition) is 2. The van der Waals surface area contributed by atoms with E-state index in [1.165, 1.54) is 0 Å². The third kappa shape index (κ3) is 2.48. The van der Waals surface area contributed by atoms with E-state index in [4.69, 9.17) is 5.73 Å². The van der Waals surface area contributed by atoms with Gasteiger partial charge in [0.05, 0.1) is 11.4 Å². The van der Waals surface area contributed by atoms with Gasteiger partial charge in [-0.2, -0.15) is 0 Å². The van der Waals surface area contributed by atoms with Crippen molar-refractivity contribution >= 4 is 29.5 Å². The summed E-state index contributed by atoms with van der Waals surface area (Å²) in [5, 5.41) is 3.24. The number of carbonyl (C=O) groups is 3. The molecule has 0 aromatic carbocycles. The molecule has 4 saturated heterocycles. The van der Waals surface area contributed by atoms with E-state index in [1.54, 1.807) is 16.7 Å². The quantitative estimate of drug-likeness (QED) is 0.724. The molecule has 7 nitrogen and oxygen atoms in total. The third-order valence-electron chi connectivity index (χ3n) is 6.51. The predicted octanol–water partition coefficient (Wildman–Crippen LogP) is 0.427. The molecule has 0 aromatic rings. The van der Waals surface area contributed by atoms with Crippen molar-refractivity contribution in [2.24, 2.45) is 5.73 Å². The second-order valence-electron chi connectivity index (χ2n) is 8.51. The molecule has 0 aliphatic carbocycles. The average Bonchev–Trinajstić information content (AvgIpc) is 3.28. The maximum atomic E-state index is 13.7. The second-order valence-corrected chi connectivity index (χ2v) is 10.3. The summed E-state index contributed by atoms with van der Waals surface area (Å²) < 4.78 is -0.405. The first-order valence-corrected chi connectivity index (χ1v) is 10.5. The fourth-order valence-corrected chi connectivity index (χ4v) is 7.00. The SMILES string of the molecule is CC1(C)S[C@@H]2CC[C@]3(CCCN3C(=O)[C@@H]3CCCN3)C(=O)N2[C@H]1C(N)=O. The van der Waals surface area contributed by atoms with Gasteiger partial charge in [0.1, 0.15) is 11.6 Å². The molecule has 4 heterocycles. The molecule has 0 unspecified atom stereocenters. The Morgan fingerprint density at radius 3 is 2.65 bits per heavy atom. The maximum absolute atomic E-state index is 13.7. The highest BCUT2D eigenvalue weighted by Crippen LogP contribution is 2.52. The normalized spacial score (nSPS) is 38.8. The van der Waals surface area contributed by atoms with Crippen LogP contribution in [0.25, 0.3) is 0 Å². The Kier molecular flexibility index (Phi) is 4.26. The van der Waals surface area contributed by atoms with E-state index >= 15 is 0 Å². The molecule has 0 radical (unpaired) electrons. The first-order valence-electron chi connectivity index (χ1n) is 9.63. The van der Waals surface area contributed by atoms with Crippen LogP contribution in [0.4, 0.5) is 0 Å². The Balaban J connectivity index is 1.66. The van der Waals surface area contributed by atoms with Crippen LogP contribution in [0.15, 0.2) is 0 Å². The van der Waals surface area contributed by atoms with Crippen molar-refractivity contribution in [3.8, 4) is 0 Å². The van der Waals surface area contributed by atoms with Crippen LogP contribution in [-0.2, 0) is 14.4 Å². The molecule has 4 atom stereocenters. The summed E-state index contributed by atoms with van der Waals surface area (Å²) in [7, 11) is 0. The van der Waals surface area contributed by atoms with E-state index in [9.17, 15) is 14.4 Å². The lowest BCUT2D eigenvalue weighted by Crippen LogP contribution is -2.67. The van der Waals surface area contributed by atoms with Crippen molar-refractivity contribution < 1.29 is 14.4 Å². The highest BCUT2D eigenvalue weighted by Gasteiger charge is 2.62.